The molecule has 0 atom stereocenters. The van der Waals surface area contributed by atoms with Gasteiger partial charge in [0.25, 0.3) is 0 Å². The largest absolute Gasteiger partial charge is 0.379 e. The lowest BCUT2D eigenvalue weighted by Gasteiger charge is -2.30. The number of halogens is 3. The van der Waals surface area contributed by atoms with Crippen LogP contribution >= 0.6 is 36.4 Å². The first-order valence-corrected chi connectivity index (χ1v) is 9.55. The highest BCUT2D eigenvalue weighted by Gasteiger charge is 2.17. The molecule has 3 rings (SSSR count). The van der Waals surface area contributed by atoms with Crippen LogP contribution < -0.4 is 10.2 Å². The van der Waals surface area contributed by atoms with Crippen LogP contribution in [0.4, 0.5) is 5.69 Å². The number of piperazine rings is 1. The fraction of sp³-hybridized carbons (Fsp3) is 0.632. The van der Waals surface area contributed by atoms with Crippen LogP contribution in [0.25, 0.3) is 11.0 Å². The van der Waals surface area contributed by atoms with Crippen LogP contribution in [0.5, 0.6) is 0 Å². The molecule has 1 saturated heterocycles. The average Bonchev–Trinajstić information content (AvgIpc) is 3.00. The Morgan fingerprint density at radius 3 is 2.56 bits per heavy atom. The zero-order valence-electron chi connectivity index (χ0n) is 16.3. The SMILES string of the molecule is COC(C)(C)CCCCc1nc2cc(Cl)c(N3CCNCC3)cc2[nH]1.Cl.Cl. The molecule has 1 aliphatic heterocycles. The van der Waals surface area contributed by atoms with Gasteiger partial charge < -0.3 is 19.9 Å². The molecule has 1 aromatic carbocycles. The van der Waals surface area contributed by atoms with E-state index in [1.165, 1.54) is 0 Å². The maximum atomic E-state index is 6.51. The molecule has 1 aromatic heterocycles. The number of nitrogens with one attached hydrogen (secondary N) is 2. The average molecular weight is 438 g/mol. The Bertz CT molecular complexity index is 714. The number of hydrogen-bond acceptors (Lipinski definition) is 4. The van der Waals surface area contributed by atoms with E-state index >= 15 is 0 Å². The van der Waals surface area contributed by atoms with Gasteiger partial charge in [-0.3, -0.25) is 0 Å². The van der Waals surface area contributed by atoms with Crippen LogP contribution in [0, 0.1) is 0 Å². The Balaban J connectivity index is 0.00000182. The van der Waals surface area contributed by atoms with Crippen molar-refractivity contribution in [2.24, 2.45) is 0 Å². The van der Waals surface area contributed by atoms with E-state index in [4.69, 9.17) is 21.3 Å². The minimum absolute atomic E-state index is 0. The fourth-order valence-corrected chi connectivity index (χ4v) is 3.56. The number of unbranched alkanes of at least 4 members (excludes halogenated alkanes) is 1. The number of H-pyrrole nitrogens is 1. The van der Waals surface area contributed by atoms with Crippen LogP contribution in [0.2, 0.25) is 5.02 Å². The predicted octanol–water partition coefficient (Wildman–Crippen LogP) is 4.61. The molecule has 0 saturated carbocycles. The third-order valence-electron chi connectivity index (χ3n) is 5.05. The molecular weight excluding hydrogens is 407 g/mol. The number of ether oxygens (including phenoxy) is 1. The van der Waals surface area contributed by atoms with Gasteiger partial charge in [0.2, 0.25) is 0 Å². The number of imidazole rings is 1. The molecule has 8 heteroatoms. The van der Waals surface area contributed by atoms with E-state index in [2.05, 4.69) is 35.1 Å². The second-order valence-electron chi connectivity index (χ2n) is 7.41. The number of aromatic nitrogens is 2. The summed E-state index contributed by atoms with van der Waals surface area (Å²) in [7, 11) is 1.78. The van der Waals surface area contributed by atoms with Crippen LogP contribution in [0.3, 0.4) is 0 Å². The lowest BCUT2D eigenvalue weighted by molar-refractivity contribution is 0.0135. The monoisotopic (exact) mass is 436 g/mol. The Labute approximate surface area is 179 Å². The number of benzene rings is 1. The van der Waals surface area contributed by atoms with Gasteiger partial charge in [0.15, 0.2) is 0 Å². The van der Waals surface area contributed by atoms with Gasteiger partial charge in [-0.25, -0.2) is 4.98 Å². The summed E-state index contributed by atoms with van der Waals surface area (Å²) in [6.07, 6.45) is 4.24. The minimum atomic E-state index is -0.0421. The number of fused-ring (bicyclic) bond motifs is 1. The van der Waals surface area contributed by atoms with E-state index in [0.29, 0.717) is 0 Å². The third-order valence-corrected chi connectivity index (χ3v) is 5.35. The van der Waals surface area contributed by atoms with Crippen molar-refractivity contribution in [2.45, 2.75) is 45.1 Å². The molecule has 0 spiro atoms. The normalized spacial score (nSPS) is 14.7. The summed E-state index contributed by atoms with van der Waals surface area (Å²) in [6.45, 7) is 8.24. The topological polar surface area (TPSA) is 53.2 Å². The molecule has 1 fully saturated rings. The van der Waals surface area contributed by atoms with E-state index in [0.717, 1.165) is 79.4 Å². The maximum absolute atomic E-state index is 6.51. The number of nitrogens with zero attached hydrogens (tertiary/aromatic N) is 2. The lowest BCUT2D eigenvalue weighted by atomic mass is 10.0. The van der Waals surface area contributed by atoms with Gasteiger partial charge >= 0.3 is 0 Å². The summed E-state index contributed by atoms with van der Waals surface area (Å²) >= 11 is 6.51. The molecule has 2 aromatic rings. The van der Waals surface area contributed by atoms with Crippen molar-refractivity contribution in [3.63, 3.8) is 0 Å². The molecule has 2 heterocycles. The maximum Gasteiger partial charge on any atom is 0.107 e. The minimum Gasteiger partial charge on any atom is -0.379 e. The van der Waals surface area contributed by atoms with Crippen LogP contribution in [0.1, 0.15) is 38.9 Å². The molecule has 2 N–H and O–H groups in total. The molecule has 0 aliphatic carbocycles. The molecule has 0 unspecified atom stereocenters. The summed E-state index contributed by atoms with van der Waals surface area (Å²) in [5.41, 5.74) is 3.09. The van der Waals surface area contributed by atoms with Crippen molar-refractivity contribution in [1.29, 1.82) is 0 Å². The lowest BCUT2D eigenvalue weighted by Crippen LogP contribution is -2.43. The third kappa shape index (κ3) is 6.40. The van der Waals surface area contributed by atoms with Gasteiger partial charge in [-0.1, -0.05) is 18.0 Å². The van der Waals surface area contributed by atoms with Crippen LogP contribution in [-0.4, -0.2) is 48.9 Å². The zero-order valence-corrected chi connectivity index (χ0v) is 18.7. The first-order chi connectivity index (χ1) is 12.0. The van der Waals surface area contributed by atoms with E-state index in [1.54, 1.807) is 7.11 Å². The Kier molecular flexibility index (Phi) is 9.66. The van der Waals surface area contributed by atoms with Crippen molar-refractivity contribution < 1.29 is 4.74 Å². The number of rotatable bonds is 7. The zero-order chi connectivity index (χ0) is 17.9. The van der Waals surface area contributed by atoms with Gasteiger partial charge in [0, 0.05) is 39.7 Å². The summed E-state index contributed by atoms with van der Waals surface area (Å²) in [5.74, 6) is 1.04. The molecule has 1 aliphatic rings. The summed E-state index contributed by atoms with van der Waals surface area (Å²) < 4.78 is 5.47. The molecule has 27 heavy (non-hydrogen) atoms. The number of aromatic amines is 1. The van der Waals surface area contributed by atoms with Crippen molar-refractivity contribution in [1.82, 2.24) is 15.3 Å². The van der Waals surface area contributed by atoms with E-state index in [1.807, 2.05) is 6.07 Å². The standard InChI is InChI=1S/C19H29ClN4O.2ClH/c1-19(2,25-3)7-5-4-6-18-22-15-12-14(20)17(13-16(15)23-18)24-10-8-21-9-11-24;;/h12-13,21H,4-11H2,1-3H3,(H,22,23);2*1H. The number of anilines is 1. The van der Waals surface area contributed by atoms with E-state index < -0.39 is 0 Å². The van der Waals surface area contributed by atoms with Gasteiger partial charge in [0.05, 0.1) is 27.3 Å². The van der Waals surface area contributed by atoms with Crippen molar-refractivity contribution >= 4 is 53.1 Å². The predicted molar refractivity (Wildman–Crippen MR) is 119 cm³/mol. The quantitative estimate of drug-likeness (QED) is 0.621. The summed E-state index contributed by atoms with van der Waals surface area (Å²) in [4.78, 5) is 10.5. The molecule has 0 bridgehead atoms. The van der Waals surface area contributed by atoms with Crippen LogP contribution in [0.15, 0.2) is 12.1 Å². The van der Waals surface area contributed by atoms with Crippen molar-refractivity contribution in [3.8, 4) is 0 Å². The first-order valence-electron chi connectivity index (χ1n) is 9.17. The number of hydrogen-bond donors (Lipinski definition) is 2. The van der Waals surface area contributed by atoms with Gasteiger partial charge in [-0.15, -0.1) is 24.8 Å². The first kappa shape index (κ1) is 24.3. The highest BCUT2D eigenvalue weighted by Crippen LogP contribution is 2.30. The molecule has 5 nitrogen and oxygen atoms in total. The Hall–Kier alpha value is -0.720. The molecule has 0 radical (unpaired) electrons. The van der Waals surface area contributed by atoms with Gasteiger partial charge in [0.1, 0.15) is 5.82 Å². The van der Waals surface area contributed by atoms with E-state index in [-0.39, 0.29) is 30.4 Å². The molecule has 154 valence electrons. The number of methoxy groups -OCH3 is 1. The molecular formula is C19H31Cl3N4O. The summed E-state index contributed by atoms with van der Waals surface area (Å²) in [5, 5.41) is 4.16. The number of aryl methyl sites for hydroxylation is 1. The van der Waals surface area contributed by atoms with Crippen LogP contribution in [-0.2, 0) is 11.2 Å². The van der Waals surface area contributed by atoms with E-state index in [9.17, 15) is 0 Å². The van der Waals surface area contributed by atoms with Gasteiger partial charge in [-0.05, 0) is 38.8 Å². The smallest absolute Gasteiger partial charge is 0.107 e. The highest BCUT2D eigenvalue weighted by molar-refractivity contribution is 6.34. The second-order valence-corrected chi connectivity index (χ2v) is 7.82. The molecule has 0 amide bonds. The summed E-state index contributed by atoms with van der Waals surface area (Å²) in [6, 6.07) is 4.13. The van der Waals surface area contributed by atoms with Crippen molar-refractivity contribution in [3.05, 3.63) is 23.0 Å². The second kappa shape index (κ2) is 10.7. The van der Waals surface area contributed by atoms with Gasteiger partial charge in [-0.2, -0.15) is 0 Å². The fourth-order valence-electron chi connectivity index (χ4n) is 3.28. The Morgan fingerprint density at radius 1 is 1.19 bits per heavy atom. The Morgan fingerprint density at radius 2 is 1.89 bits per heavy atom. The van der Waals surface area contributed by atoms with Crippen molar-refractivity contribution in [2.75, 3.05) is 38.2 Å². The highest BCUT2D eigenvalue weighted by atomic mass is 35.5.